The van der Waals surface area contributed by atoms with Crippen LogP contribution in [0.15, 0.2) is 0 Å². The molecule has 3 atom stereocenters. The van der Waals surface area contributed by atoms with Gasteiger partial charge in [-0.2, -0.15) is 0 Å². The molecule has 1 rings (SSSR count). The lowest BCUT2D eigenvalue weighted by Crippen LogP contribution is -2.29. The molecule has 0 saturated carbocycles. The number of rotatable bonds is 4. The highest BCUT2D eigenvalue weighted by Gasteiger charge is 2.47. The van der Waals surface area contributed by atoms with Gasteiger partial charge in [0, 0.05) is 0 Å². The van der Waals surface area contributed by atoms with Crippen LogP contribution in [0.5, 0.6) is 0 Å². The predicted octanol–water partition coefficient (Wildman–Crippen LogP) is -0.929. The van der Waals surface area contributed by atoms with E-state index in [1.54, 1.807) is 0 Å². The molecule has 1 fully saturated rings. The number of carboxylic acid groups (broad SMARTS) is 2. The summed E-state index contributed by atoms with van der Waals surface area (Å²) >= 11 is 0. The summed E-state index contributed by atoms with van der Waals surface area (Å²) in [7, 11) is 0. The molecule has 16 heavy (non-hydrogen) atoms. The Balaban J connectivity index is 2.84. The number of carboxylic acids is 2. The second kappa shape index (κ2) is 4.30. The molecule has 0 aromatic carbocycles. The third kappa shape index (κ3) is 2.18. The van der Waals surface area contributed by atoms with Crippen LogP contribution in [0.3, 0.4) is 0 Å². The van der Waals surface area contributed by atoms with Gasteiger partial charge in [0.1, 0.15) is 5.92 Å². The normalized spacial score (nSPS) is 26.3. The number of imide groups is 1. The molecule has 7 heteroatoms. The van der Waals surface area contributed by atoms with Crippen LogP contribution in [0.4, 0.5) is 0 Å². The monoisotopic (exact) mass is 229 g/mol. The van der Waals surface area contributed by atoms with Crippen molar-refractivity contribution in [2.75, 3.05) is 0 Å². The summed E-state index contributed by atoms with van der Waals surface area (Å²) in [5.74, 6) is -7.58. The van der Waals surface area contributed by atoms with Gasteiger partial charge in [-0.25, -0.2) is 0 Å². The maximum absolute atomic E-state index is 11.3. The molecule has 0 bridgehead atoms. The Hall–Kier alpha value is -1.92. The zero-order valence-electron chi connectivity index (χ0n) is 8.47. The number of aliphatic carboxylic acids is 2. The molecule has 2 amide bonds. The minimum atomic E-state index is -1.48. The second-order valence-corrected chi connectivity index (χ2v) is 3.75. The van der Waals surface area contributed by atoms with Gasteiger partial charge in [0.05, 0.1) is 11.8 Å². The molecule has 0 spiro atoms. The highest BCUT2D eigenvalue weighted by Crippen LogP contribution is 2.26. The van der Waals surface area contributed by atoms with E-state index in [0.717, 1.165) is 0 Å². The number of amides is 2. The molecule has 3 N–H and O–H groups in total. The van der Waals surface area contributed by atoms with Gasteiger partial charge >= 0.3 is 11.9 Å². The fourth-order valence-electron chi connectivity index (χ4n) is 1.64. The van der Waals surface area contributed by atoms with Gasteiger partial charge in [-0.15, -0.1) is 0 Å². The first-order valence-corrected chi connectivity index (χ1v) is 4.65. The third-order valence-electron chi connectivity index (χ3n) is 2.56. The Morgan fingerprint density at radius 2 is 1.88 bits per heavy atom. The summed E-state index contributed by atoms with van der Waals surface area (Å²) in [5.41, 5.74) is 0. The van der Waals surface area contributed by atoms with Crippen LogP contribution in [0.2, 0.25) is 0 Å². The number of hydrogen-bond acceptors (Lipinski definition) is 4. The second-order valence-electron chi connectivity index (χ2n) is 3.75. The summed E-state index contributed by atoms with van der Waals surface area (Å²) in [6, 6.07) is 0. The smallest absolute Gasteiger partial charge is 0.316 e. The van der Waals surface area contributed by atoms with Crippen LogP contribution in [0.25, 0.3) is 0 Å². The van der Waals surface area contributed by atoms with Crippen LogP contribution < -0.4 is 5.32 Å². The lowest BCUT2D eigenvalue weighted by atomic mass is 9.87. The van der Waals surface area contributed by atoms with E-state index in [0.29, 0.717) is 0 Å². The van der Waals surface area contributed by atoms with Crippen LogP contribution in [-0.2, 0) is 19.2 Å². The maximum atomic E-state index is 11.3. The molecule has 3 unspecified atom stereocenters. The fraction of sp³-hybridized carbons (Fsp3) is 0.556. The summed E-state index contributed by atoms with van der Waals surface area (Å²) in [4.78, 5) is 43.7. The third-order valence-corrected chi connectivity index (χ3v) is 2.56. The highest BCUT2D eigenvalue weighted by atomic mass is 16.4. The largest absolute Gasteiger partial charge is 0.481 e. The van der Waals surface area contributed by atoms with Crippen molar-refractivity contribution in [1.82, 2.24) is 5.32 Å². The van der Waals surface area contributed by atoms with Gasteiger partial charge in [0.25, 0.3) is 0 Å². The average molecular weight is 229 g/mol. The van der Waals surface area contributed by atoms with E-state index in [-0.39, 0.29) is 6.42 Å². The lowest BCUT2D eigenvalue weighted by molar-refractivity contribution is -0.149. The molecule has 1 saturated heterocycles. The first kappa shape index (κ1) is 12.2. The first-order valence-electron chi connectivity index (χ1n) is 4.65. The van der Waals surface area contributed by atoms with Gasteiger partial charge in [-0.1, -0.05) is 6.92 Å². The van der Waals surface area contributed by atoms with Crippen molar-refractivity contribution < 1.29 is 29.4 Å². The summed E-state index contributed by atoms with van der Waals surface area (Å²) < 4.78 is 0. The van der Waals surface area contributed by atoms with Gasteiger partial charge in [0.2, 0.25) is 11.8 Å². The van der Waals surface area contributed by atoms with E-state index in [4.69, 9.17) is 10.2 Å². The predicted molar refractivity (Wildman–Crippen MR) is 49.2 cm³/mol. The van der Waals surface area contributed by atoms with Crippen LogP contribution in [0.1, 0.15) is 13.3 Å². The molecular formula is C9H11NO6. The number of nitrogens with one attached hydrogen (secondary N) is 1. The van der Waals surface area contributed by atoms with E-state index >= 15 is 0 Å². The van der Waals surface area contributed by atoms with E-state index in [2.05, 4.69) is 0 Å². The fourth-order valence-corrected chi connectivity index (χ4v) is 1.64. The van der Waals surface area contributed by atoms with Crippen LogP contribution >= 0.6 is 0 Å². The van der Waals surface area contributed by atoms with E-state index < -0.39 is 41.5 Å². The molecule has 0 aromatic heterocycles. The Morgan fingerprint density at radius 1 is 1.31 bits per heavy atom. The van der Waals surface area contributed by atoms with Crippen molar-refractivity contribution in [2.24, 2.45) is 17.8 Å². The molecule has 0 aromatic rings. The van der Waals surface area contributed by atoms with Crippen LogP contribution in [-0.4, -0.2) is 34.0 Å². The summed E-state index contributed by atoms with van der Waals surface area (Å²) in [6.07, 6.45) is -0.163. The Kier molecular flexibility index (Phi) is 3.26. The first-order chi connectivity index (χ1) is 7.34. The molecule has 0 aliphatic carbocycles. The zero-order valence-corrected chi connectivity index (χ0v) is 8.47. The molecule has 88 valence electrons. The molecule has 7 nitrogen and oxygen atoms in total. The van der Waals surface area contributed by atoms with Crippen molar-refractivity contribution in [1.29, 1.82) is 0 Å². The summed E-state index contributed by atoms with van der Waals surface area (Å²) in [5, 5.41) is 19.3. The lowest BCUT2D eigenvalue weighted by Gasteiger charge is -2.13. The van der Waals surface area contributed by atoms with E-state index in [1.807, 2.05) is 5.32 Å². The molecule has 1 heterocycles. The van der Waals surface area contributed by atoms with Crippen LogP contribution in [0, 0.1) is 17.8 Å². The van der Waals surface area contributed by atoms with Gasteiger partial charge in [-0.3, -0.25) is 24.5 Å². The van der Waals surface area contributed by atoms with Crippen molar-refractivity contribution in [3.05, 3.63) is 0 Å². The van der Waals surface area contributed by atoms with E-state index in [1.165, 1.54) is 6.92 Å². The van der Waals surface area contributed by atoms with Gasteiger partial charge in [-0.05, 0) is 6.42 Å². The molecular weight excluding hydrogens is 218 g/mol. The van der Waals surface area contributed by atoms with Gasteiger partial charge < -0.3 is 10.2 Å². The summed E-state index contributed by atoms with van der Waals surface area (Å²) in [6.45, 7) is 1.36. The van der Waals surface area contributed by atoms with Crippen molar-refractivity contribution in [3.63, 3.8) is 0 Å². The zero-order chi connectivity index (χ0) is 12.5. The minimum Gasteiger partial charge on any atom is -0.481 e. The van der Waals surface area contributed by atoms with Crippen molar-refractivity contribution in [3.8, 4) is 0 Å². The van der Waals surface area contributed by atoms with Gasteiger partial charge in [0.15, 0.2) is 0 Å². The minimum absolute atomic E-state index is 0.163. The average Bonchev–Trinajstić information content (AvgIpc) is 2.41. The van der Waals surface area contributed by atoms with E-state index in [9.17, 15) is 19.2 Å². The molecule has 1 aliphatic rings. The number of carbonyl (C=O) groups excluding carboxylic acids is 2. The maximum Gasteiger partial charge on any atom is 0.316 e. The Labute approximate surface area is 90.4 Å². The quantitative estimate of drug-likeness (QED) is 0.423. The van der Waals surface area contributed by atoms with Crippen molar-refractivity contribution in [2.45, 2.75) is 13.3 Å². The standard InChI is InChI=1S/C9H11NO6/c1-3(8(13)14)2-4-5(9(15)16)7(12)10-6(4)11/h3-5H,2H2,1H3,(H,13,14)(H,15,16)(H,10,11,12). The van der Waals surface area contributed by atoms with Crippen molar-refractivity contribution >= 4 is 23.8 Å². The Morgan fingerprint density at radius 3 is 2.31 bits per heavy atom. The molecule has 1 aliphatic heterocycles. The topological polar surface area (TPSA) is 121 Å². The Bertz CT molecular complexity index is 363. The highest BCUT2D eigenvalue weighted by molar-refractivity contribution is 6.13. The number of carbonyl (C=O) groups is 4. The number of hydrogen-bond donors (Lipinski definition) is 3. The SMILES string of the molecule is CC(CC1C(=O)NC(=O)C1C(=O)O)C(=O)O. The molecule has 0 radical (unpaired) electrons.